The van der Waals surface area contributed by atoms with Crippen molar-refractivity contribution in [3.05, 3.63) is 0 Å². The molecule has 0 heterocycles. The molecule has 0 aliphatic rings. The summed E-state index contributed by atoms with van der Waals surface area (Å²) in [4.78, 5) is 11.2. The summed E-state index contributed by atoms with van der Waals surface area (Å²) in [5.41, 5.74) is 5.32. The molecule has 0 aromatic heterocycles. The van der Waals surface area contributed by atoms with Crippen LogP contribution in [0, 0.1) is 16.7 Å². The van der Waals surface area contributed by atoms with Gasteiger partial charge in [0.25, 0.3) is 0 Å². The van der Waals surface area contributed by atoms with Gasteiger partial charge >= 0.3 is 5.97 Å². The molecule has 0 spiro atoms. The number of hydrogen-bond acceptors (Lipinski definition) is 5. The van der Waals surface area contributed by atoms with Crippen LogP contribution in [0.4, 0.5) is 0 Å². The standard InChI is InChI=1S/C11H20N2O2S/c1-4-15-10(14)9(13)7-16-6-5-11(2,3)8-12/h9H,4-7,13H2,1-3H3. The molecule has 0 aliphatic heterocycles. The first-order valence-electron chi connectivity index (χ1n) is 5.34. The number of rotatable bonds is 7. The second-order valence-electron chi connectivity index (χ2n) is 4.18. The molecule has 0 amide bonds. The van der Waals surface area contributed by atoms with E-state index in [2.05, 4.69) is 6.07 Å². The van der Waals surface area contributed by atoms with Gasteiger partial charge in [-0.3, -0.25) is 4.79 Å². The van der Waals surface area contributed by atoms with Gasteiger partial charge in [-0.15, -0.1) is 0 Å². The second kappa shape index (κ2) is 7.53. The van der Waals surface area contributed by atoms with Crippen molar-refractivity contribution in [1.29, 1.82) is 5.26 Å². The lowest BCUT2D eigenvalue weighted by Crippen LogP contribution is -2.34. The van der Waals surface area contributed by atoms with Crippen LogP contribution in [0.1, 0.15) is 27.2 Å². The monoisotopic (exact) mass is 244 g/mol. The first-order valence-corrected chi connectivity index (χ1v) is 6.49. The van der Waals surface area contributed by atoms with Gasteiger partial charge in [0.15, 0.2) is 0 Å². The summed E-state index contributed by atoms with van der Waals surface area (Å²) in [6, 6.07) is 1.68. The van der Waals surface area contributed by atoms with E-state index in [1.165, 1.54) is 0 Å². The minimum atomic E-state index is -0.560. The molecule has 2 N–H and O–H groups in total. The molecule has 0 fully saturated rings. The van der Waals surface area contributed by atoms with E-state index < -0.39 is 6.04 Å². The molecule has 16 heavy (non-hydrogen) atoms. The number of carbonyl (C=O) groups is 1. The van der Waals surface area contributed by atoms with Gasteiger partial charge < -0.3 is 10.5 Å². The Morgan fingerprint density at radius 3 is 2.75 bits per heavy atom. The maximum absolute atomic E-state index is 11.2. The molecular weight excluding hydrogens is 224 g/mol. The molecule has 0 saturated heterocycles. The zero-order chi connectivity index (χ0) is 12.6. The van der Waals surface area contributed by atoms with Gasteiger partial charge in [0.2, 0.25) is 0 Å². The van der Waals surface area contributed by atoms with Crippen molar-refractivity contribution in [2.45, 2.75) is 33.2 Å². The summed E-state index contributed by atoms with van der Waals surface area (Å²) in [6.45, 7) is 5.92. The van der Waals surface area contributed by atoms with Crippen LogP contribution >= 0.6 is 11.8 Å². The highest BCUT2D eigenvalue weighted by Crippen LogP contribution is 2.21. The molecular formula is C11H20N2O2S. The van der Waals surface area contributed by atoms with Crippen molar-refractivity contribution >= 4 is 17.7 Å². The molecule has 1 unspecified atom stereocenters. The predicted octanol–water partition coefficient (Wildman–Crippen LogP) is 1.55. The van der Waals surface area contributed by atoms with Crippen molar-refractivity contribution < 1.29 is 9.53 Å². The Hall–Kier alpha value is -0.730. The quantitative estimate of drug-likeness (QED) is 0.543. The van der Waals surface area contributed by atoms with E-state index in [1.807, 2.05) is 13.8 Å². The number of thioether (sulfide) groups is 1. The maximum Gasteiger partial charge on any atom is 0.323 e. The van der Waals surface area contributed by atoms with Crippen molar-refractivity contribution in [2.24, 2.45) is 11.1 Å². The van der Waals surface area contributed by atoms with E-state index in [9.17, 15) is 4.79 Å². The van der Waals surface area contributed by atoms with Crippen LogP contribution < -0.4 is 5.73 Å². The van der Waals surface area contributed by atoms with E-state index in [1.54, 1.807) is 18.7 Å². The zero-order valence-corrected chi connectivity index (χ0v) is 11.0. The third-order valence-corrected chi connectivity index (χ3v) is 3.15. The van der Waals surface area contributed by atoms with Crippen molar-refractivity contribution in [1.82, 2.24) is 0 Å². The molecule has 4 nitrogen and oxygen atoms in total. The number of carbonyl (C=O) groups excluding carboxylic acids is 1. The lowest BCUT2D eigenvalue weighted by Gasteiger charge is -2.15. The fourth-order valence-corrected chi connectivity index (χ4v) is 2.12. The lowest BCUT2D eigenvalue weighted by molar-refractivity contribution is -0.144. The van der Waals surface area contributed by atoms with E-state index in [4.69, 9.17) is 15.7 Å². The second-order valence-corrected chi connectivity index (χ2v) is 5.33. The SMILES string of the molecule is CCOC(=O)C(N)CSCCC(C)(C)C#N. The molecule has 0 bridgehead atoms. The first-order chi connectivity index (χ1) is 7.43. The summed E-state index contributed by atoms with van der Waals surface area (Å²) in [7, 11) is 0. The number of nitrogens with two attached hydrogens (primary N) is 1. The van der Waals surface area contributed by atoms with Gasteiger partial charge in [0, 0.05) is 5.75 Å². The summed E-state index contributed by atoms with van der Waals surface area (Å²) >= 11 is 1.58. The third kappa shape index (κ3) is 6.70. The van der Waals surface area contributed by atoms with Gasteiger partial charge in [-0.2, -0.15) is 17.0 Å². The lowest BCUT2D eigenvalue weighted by atomic mass is 9.93. The Bertz CT molecular complexity index is 261. The van der Waals surface area contributed by atoms with E-state index in [0.717, 1.165) is 12.2 Å². The van der Waals surface area contributed by atoms with Crippen LogP contribution in [0.25, 0.3) is 0 Å². The van der Waals surface area contributed by atoms with E-state index in [0.29, 0.717) is 12.4 Å². The van der Waals surface area contributed by atoms with Gasteiger partial charge in [0.05, 0.1) is 18.1 Å². The highest BCUT2D eigenvalue weighted by atomic mass is 32.2. The first kappa shape index (κ1) is 15.3. The minimum Gasteiger partial charge on any atom is -0.465 e. The molecule has 0 aliphatic carbocycles. The highest BCUT2D eigenvalue weighted by Gasteiger charge is 2.18. The number of nitrogens with zero attached hydrogens (tertiary/aromatic N) is 1. The normalized spacial score (nSPS) is 12.9. The number of esters is 1. The molecule has 0 saturated carbocycles. The largest absolute Gasteiger partial charge is 0.465 e. The molecule has 0 aromatic rings. The number of nitriles is 1. The average Bonchev–Trinajstić information content (AvgIpc) is 2.24. The van der Waals surface area contributed by atoms with Gasteiger partial charge in [-0.05, 0) is 32.9 Å². The Morgan fingerprint density at radius 1 is 1.62 bits per heavy atom. The van der Waals surface area contributed by atoms with E-state index in [-0.39, 0.29) is 11.4 Å². The summed E-state index contributed by atoms with van der Waals surface area (Å²) < 4.78 is 4.79. The molecule has 92 valence electrons. The van der Waals surface area contributed by atoms with Crippen molar-refractivity contribution in [3.63, 3.8) is 0 Å². The van der Waals surface area contributed by atoms with Crippen molar-refractivity contribution in [2.75, 3.05) is 18.1 Å². The minimum absolute atomic E-state index is 0.305. The Morgan fingerprint density at radius 2 is 2.25 bits per heavy atom. The van der Waals surface area contributed by atoms with Crippen LogP contribution in [-0.2, 0) is 9.53 Å². The van der Waals surface area contributed by atoms with Crippen LogP contribution in [0.5, 0.6) is 0 Å². The fourth-order valence-electron chi connectivity index (χ4n) is 0.911. The molecule has 0 rings (SSSR count). The van der Waals surface area contributed by atoms with Crippen LogP contribution in [0.3, 0.4) is 0 Å². The summed E-state index contributed by atoms with van der Waals surface area (Å²) in [5.74, 6) is 1.02. The van der Waals surface area contributed by atoms with Gasteiger partial charge in [0.1, 0.15) is 6.04 Å². The number of ether oxygens (including phenoxy) is 1. The smallest absolute Gasteiger partial charge is 0.323 e. The summed E-state index contributed by atoms with van der Waals surface area (Å²) in [6.07, 6.45) is 0.795. The highest BCUT2D eigenvalue weighted by molar-refractivity contribution is 7.99. The Labute approximate surface area is 102 Å². The Kier molecular flexibility index (Phi) is 7.18. The zero-order valence-electron chi connectivity index (χ0n) is 10.2. The fraction of sp³-hybridized carbons (Fsp3) is 0.818. The Balaban J connectivity index is 3.67. The molecule has 1 atom stereocenters. The third-order valence-electron chi connectivity index (χ3n) is 2.06. The molecule has 5 heteroatoms. The molecule has 0 radical (unpaired) electrons. The predicted molar refractivity (Wildman–Crippen MR) is 65.9 cm³/mol. The van der Waals surface area contributed by atoms with Crippen LogP contribution in [-0.4, -0.2) is 30.1 Å². The van der Waals surface area contributed by atoms with Crippen LogP contribution in [0.15, 0.2) is 0 Å². The van der Waals surface area contributed by atoms with Gasteiger partial charge in [-0.25, -0.2) is 0 Å². The topological polar surface area (TPSA) is 76.1 Å². The average molecular weight is 244 g/mol. The van der Waals surface area contributed by atoms with E-state index >= 15 is 0 Å². The van der Waals surface area contributed by atoms with Crippen molar-refractivity contribution in [3.8, 4) is 6.07 Å². The van der Waals surface area contributed by atoms with Gasteiger partial charge in [-0.1, -0.05) is 0 Å². The maximum atomic E-state index is 11.2. The van der Waals surface area contributed by atoms with Crippen LogP contribution in [0.2, 0.25) is 0 Å². The molecule has 0 aromatic carbocycles. The number of hydrogen-bond donors (Lipinski definition) is 1. The summed E-state index contributed by atoms with van der Waals surface area (Å²) in [5, 5.41) is 8.80.